The van der Waals surface area contributed by atoms with Gasteiger partial charge in [0.25, 0.3) is 0 Å². The molecule has 0 saturated heterocycles. The summed E-state index contributed by atoms with van der Waals surface area (Å²) in [6, 6.07) is 6.92. The van der Waals surface area contributed by atoms with E-state index >= 15 is 0 Å². The summed E-state index contributed by atoms with van der Waals surface area (Å²) in [4.78, 5) is 23.1. The number of carboxylic acid groups (broad SMARTS) is 1. The van der Waals surface area contributed by atoms with Crippen LogP contribution in [-0.4, -0.2) is 35.5 Å². The highest BCUT2D eigenvalue weighted by Crippen LogP contribution is 2.07. The van der Waals surface area contributed by atoms with E-state index in [0.29, 0.717) is 5.69 Å². The zero-order chi connectivity index (χ0) is 12.1. The molecule has 0 spiro atoms. The van der Waals surface area contributed by atoms with Crippen LogP contribution in [0.4, 0.5) is 5.69 Å². The summed E-state index contributed by atoms with van der Waals surface area (Å²) in [6.45, 7) is -0.284. The number of hydrogen-bond donors (Lipinski definition) is 2. The molecule has 1 rings (SSSR count). The average Bonchev–Trinajstić information content (AvgIpc) is 2.20. The first-order valence-electron chi connectivity index (χ1n) is 4.79. The van der Waals surface area contributed by atoms with Crippen LogP contribution in [0.15, 0.2) is 24.3 Å². The fourth-order valence-electron chi connectivity index (χ4n) is 1.24. The SMILES string of the molecule is CN(CC(=O)O)C(=O)Cc1ccc(N)cc1. The number of carbonyl (C=O) groups is 2. The van der Waals surface area contributed by atoms with Crippen molar-refractivity contribution in [2.45, 2.75) is 6.42 Å². The first-order valence-corrected chi connectivity index (χ1v) is 4.79. The van der Waals surface area contributed by atoms with Crippen molar-refractivity contribution in [1.82, 2.24) is 4.90 Å². The van der Waals surface area contributed by atoms with Crippen molar-refractivity contribution >= 4 is 17.6 Å². The van der Waals surface area contributed by atoms with E-state index in [0.717, 1.165) is 5.56 Å². The van der Waals surface area contributed by atoms with Gasteiger partial charge in [-0.15, -0.1) is 0 Å². The lowest BCUT2D eigenvalue weighted by molar-refractivity contribution is -0.143. The van der Waals surface area contributed by atoms with Crippen molar-refractivity contribution in [1.29, 1.82) is 0 Å². The van der Waals surface area contributed by atoms with Crippen LogP contribution in [0.5, 0.6) is 0 Å². The van der Waals surface area contributed by atoms with Gasteiger partial charge in [0.1, 0.15) is 6.54 Å². The lowest BCUT2D eigenvalue weighted by Crippen LogP contribution is -2.33. The molecule has 1 aromatic carbocycles. The summed E-state index contributed by atoms with van der Waals surface area (Å²) in [7, 11) is 1.47. The lowest BCUT2D eigenvalue weighted by atomic mass is 10.1. The fraction of sp³-hybridized carbons (Fsp3) is 0.273. The first-order chi connectivity index (χ1) is 7.49. The second kappa shape index (κ2) is 5.16. The van der Waals surface area contributed by atoms with Crippen LogP contribution in [-0.2, 0) is 16.0 Å². The summed E-state index contributed by atoms with van der Waals surface area (Å²) >= 11 is 0. The van der Waals surface area contributed by atoms with Crippen LogP contribution < -0.4 is 5.73 Å². The molecule has 0 saturated carbocycles. The number of carboxylic acids is 1. The fourth-order valence-corrected chi connectivity index (χ4v) is 1.24. The molecule has 5 heteroatoms. The number of nitrogen functional groups attached to an aromatic ring is 1. The Balaban J connectivity index is 2.57. The molecule has 0 atom stereocenters. The normalized spacial score (nSPS) is 9.81. The van der Waals surface area contributed by atoms with Crippen LogP contribution in [0.2, 0.25) is 0 Å². The van der Waals surface area contributed by atoms with Crippen molar-refractivity contribution in [2.75, 3.05) is 19.3 Å². The third kappa shape index (κ3) is 3.61. The summed E-state index contributed by atoms with van der Waals surface area (Å²) in [5.41, 5.74) is 6.96. The molecule has 0 aliphatic heterocycles. The summed E-state index contributed by atoms with van der Waals surface area (Å²) in [6.07, 6.45) is 0.185. The van der Waals surface area contributed by atoms with Gasteiger partial charge in [-0.3, -0.25) is 9.59 Å². The van der Waals surface area contributed by atoms with Crippen LogP contribution in [0.1, 0.15) is 5.56 Å². The Morgan fingerprint density at radius 2 is 1.88 bits per heavy atom. The standard InChI is InChI=1S/C11H14N2O3/c1-13(7-11(15)16)10(14)6-8-2-4-9(12)5-3-8/h2-5H,6-7,12H2,1H3,(H,15,16). The van der Waals surface area contributed by atoms with Crippen molar-refractivity contribution in [3.05, 3.63) is 29.8 Å². The Morgan fingerprint density at radius 3 is 2.38 bits per heavy atom. The molecule has 1 amide bonds. The number of rotatable bonds is 4. The minimum Gasteiger partial charge on any atom is -0.480 e. The highest BCUT2D eigenvalue weighted by atomic mass is 16.4. The first kappa shape index (κ1) is 12.0. The Morgan fingerprint density at radius 1 is 1.31 bits per heavy atom. The minimum atomic E-state index is -1.02. The van der Waals surface area contributed by atoms with E-state index in [1.807, 2.05) is 0 Å². The monoisotopic (exact) mass is 222 g/mol. The number of hydrogen-bond acceptors (Lipinski definition) is 3. The van der Waals surface area contributed by atoms with Gasteiger partial charge >= 0.3 is 5.97 Å². The predicted molar refractivity (Wildman–Crippen MR) is 59.8 cm³/mol. The molecule has 0 heterocycles. The molecule has 3 N–H and O–H groups in total. The summed E-state index contributed by atoms with van der Waals surface area (Å²) in [5, 5.41) is 8.52. The largest absolute Gasteiger partial charge is 0.480 e. The zero-order valence-corrected chi connectivity index (χ0v) is 9.01. The van der Waals surface area contributed by atoms with Crippen LogP contribution in [0.25, 0.3) is 0 Å². The maximum atomic E-state index is 11.6. The molecular weight excluding hydrogens is 208 g/mol. The molecule has 16 heavy (non-hydrogen) atoms. The molecular formula is C11H14N2O3. The molecule has 0 aliphatic carbocycles. The van der Waals surface area contributed by atoms with E-state index in [9.17, 15) is 9.59 Å². The zero-order valence-electron chi connectivity index (χ0n) is 9.01. The van der Waals surface area contributed by atoms with E-state index < -0.39 is 5.97 Å². The van der Waals surface area contributed by atoms with Crippen molar-refractivity contribution in [3.63, 3.8) is 0 Å². The van der Waals surface area contributed by atoms with Crippen LogP contribution in [0.3, 0.4) is 0 Å². The van der Waals surface area contributed by atoms with E-state index in [1.54, 1.807) is 24.3 Å². The molecule has 0 unspecified atom stereocenters. The minimum absolute atomic E-state index is 0.185. The maximum absolute atomic E-state index is 11.6. The summed E-state index contributed by atoms with van der Waals surface area (Å²) in [5.74, 6) is -1.25. The molecule has 0 aromatic heterocycles. The average molecular weight is 222 g/mol. The summed E-state index contributed by atoms with van der Waals surface area (Å²) < 4.78 is 0. The molecule has 0 radical (unpaired) electrons. The number of nitrogens with zero attached hydrogens (tertiary/aromatic N) is 1. The third-order valence-corrected chi connectivity index (χ3v) is 2.13. The van der Waals surface area contributed by atoms with Gasteiger partial charge in [-0.2, -0.15) is 0 Å². The Bertz CT molecular complexity index is 387. The number of aliphatic carboxylic acids is 1. The Labute approximate surface area is 93.5 Å². The number of carbonyl (C=O) groups excluding carboxylic acids is 1. The van der Waals surface area contributed by atoms with E-state index in [4.69, 9.17) is 10.8 Å². The van der Waals surface area contributed by atoms with Crippen molar-refractivity contribution in [3.8, 4) is 0 Å². The number of likely N-dealkylation sites (N-methyl/N-ethyl adjacent to an activating group) is 1. The van der Waals surface area contributed by atoms with E-state index in [1.165, 1.54) is 11.9 Å². The van der Waals surface area contributed by atoms with Crippen molar-refractivity contribution < 1.29 is 14.7 Å². The number of anilines is 1. The van der Waals surface area contributed by atoms with Gasteiger partial charge in [-0.05, 0) is 17.7 Å². The second-order valence-corrected chi connectivity index (χ2v) is 3.56. The molecule has 0 aliphatic rings. The van der Waals surface area contributed by atoms with Crippen LogP contribution in [0, 0.1) is 0 Å². The number of benzene rings is 1. The topological polar surface area (TPSA) is 83.6 Å². The molecule has 1 aromatic rings. The smallest absolute Gasteiger partial charge is 0.323 e. The van der Waals surface area contributed by atoms with Gasteiger partial charge in [-0.1, -0.05) is 12.1 Å². The Hall–Kier alpha value is -2.04. The molecule has 5 nitrogen and oxygen atoms in total. The van der Waals surface area contributed by atoms with Crippen molar-refractivity contribution in [2.24, 2.45) is 0 Å². The number of amides is 1. The van der Waals surface area contributed by atoms with Gasteiger partial charge in [0.15, 0.2) is 0 Å². The van der Waals surface area contributed by atoms with Gasteiger partial charge < -0.3 is 15.7 Å². The van der Waals surface area contributed by atoms with Gasteiger partial charge in [0.05, 0.1) is 6.42 Å². The number of nitrogens with two attached hydrogens (primary N) is 1. The molecule has 0 bridgehead atoms. The van der Waals surface area contributed by atoms with E-state index in [-0.39, 0.29) is 18.9 Å². The van der Waals surface area contributed by atoms with Gasteiger partial charge in [0.2, 0.25) is 5.91 Å². The lowest BCUT2D eigenvalue weighted by Gasteiger charge is -2.14. The highest BCUT2D eigenvalue weighted by Gasteiger charge is 2.12. The highest BCUT2D eigenvalue weighted by molar-refractivity contribution is 5.82. The Kier molecular flexibility index (Phi) is 3.88. The molecule has 86 valence electrons. The van der Waals surface area contributed by atoms with Crippen LogP contribution >= 0.6 is 0 Å². The predicted octanol–water partition coefficient (Wildman–Crippen LogP) is 0.354. The maximum Gasteiger partial charge on any atom is 0.323 e. The van der Waals surface area contributed by atoms with Gasteiger partial charge in [-0.25, -0.2) is 0 Å². The molecule has 0 fully saturated rings. The second-order valence-electron chi connectivity index (χ2n) is 3.56. The van der Waals surface area contributed by atoms with E-state index in [2.05, 4.69) is 0 Å². The third-order valence-electron chi connectivity index (χ3n) is 2.13. The quantitative estimate of drug-likeness (QED) is 0.720. The van der Waals surface area contributed by atoms with Gasteiger partial charge in [0, 0.05) is 12.7 Å².